The van der Waals surface area contributed by atoms with E-state index in [2.05, 4.69) is 48.4 Å². The number of hydrogen-bond donors (Lipinski definition) is 1. The minimum absolute atomic E-state index is 0.0622. The Morgan fingerprint density at radius 2 is 1.95 bits per heavy atom. The first kappa shape index (κ1) is 15.3. The zero-order chi connectivity index (χ0) is 15.3. The van der Waals surface area contributed by atoms with E-state index in [4.69, 9.17) is 0 Å². The van der Waals surface area contributed by atoms with E-state index in [1.54, 1.807) is 17.0 Å². The van der Waals surface area contributed by atoms with E-state index in [1.807, 2.05) is 13.0 Å². The third-order valence-corrected chi connectivity index (χ3v) is 3.59. The Morgan fingerprint density at radius 3 is 2.62 bits per heavy atom. The summed E-state index contributed by atoms with van der Waals surface area (Å²) in [6, 6.07) is 10.4. The Hall–Kier alpha value is -2.10. The maximum Gasteiger partial charge on any atom is 0.293 e. The summed E-state index contributed by atoms with van der Waals surface area (Å²) in [5.74, 6) is 0.428. The number of nitrogens with one attached hydrogen (secondary N) is 1. The first-order chi connectivity index (χ1) is 10.0. The molecule has 2 aromatic rings. The maximum absolute atomic E-state index is 12.2. The molecule has 0 spiro atoms. The summed E-state index contributed by atoms with van der Waals surface area (Å²) in [4.78, 5) is 16.4. The van der Waals surface area contributed by atoms with E-state index in [9.17, 15) is 4.79 Å². The molecule has 0 unspecified atom stereocenters. The minimum atomic E-state index is -0.186. The Labute approximate surface area is 125 Å². The van der Waals surface area contributed by atoms with Crippen molar-refractivity contribution in [3.63, 3.8) is 0 Å². The van der Waals surface area contributed by atoms with E-state index in [0.29, 0.717) is 12.4 Å². The second-order valence-electron chi connectivity index (χ2n) is 5.86. The fraction of sp³-hybridized carbons (Fsp3) is 0.412. The number of hydrogen-bond acceptors (Lipinski definition) is 3. The average molecular weight is 285 g/mol. The van der Waals surface area contributed by atoms with Gasteiger partial charge < -0.3 is 9.88 Å². The molecule has 0 amide bonds. The molecule has 0 fully saturated rings. The summed E-state index contributed by atoms with van der Waals surface area (Å²) in [6.45, 7) is 6.80. The van der Waals surface area contributed by atoms with Gasteiger partial charge in [0.15, 0.2) is 5.82 Å². The van der Waals surface area contributed by atoms with Crippen LogP contribution in [0.15, 0.2) is 47.5 Å². The van der Waals surface area contributed by atoms with Crippen LogP contribution in [0, 0.1) is 0 Å². The Bertz CT molecular complexity index is 632. The molecule has 21 heavy (non-hydrogen) atoms. The molecule has 4 heteroatoms. The summed E-state index contributed by atoms with van der Waals surface area (Å²) in [5, 5.41) is 3.29. The number of nitrogens with zero attached hydrogens (tertiary/aromatic N) is 2. The molecule has 0 aliphatic rings. The van der Waals surface area contributed by atoms with Gasteiger partial charge in [-0.1, -0.05) is 30.3 Å². The quantitative estimate of drug-likeness (QED) is 0.887. The zero-order valence-electron chi connectivity index (χ0n) is 13.0. The second-order valence-corrected chi connectivity index (χ2v) is 5.86. The Kier molecular flexibility index (Phi) is 4.78. The van der Waals surface area contributed by atoms with Crippen LogP contribution in [0.4, 0.5) is 5.82 Å². The molecule has 0 saturated heterocycles. The van der Waals surface area contributed by atoms with Crippen LogP contribution in [0.2, 0.25) is 0 Å². The predicted octanol–water partition coefficient (Wildman–Crippen LogP) is 3.09. The van der Waals surface area contributed by atoms with E-state index in [1.165, 1.54) is 5.56 Å². The minimum Gasteiger partial charge on any atom is -0.361 e. The molecule has 4 nitrogen and oxygen atoms in total. The topological polar surface area (TPSA) is 46.9 Å². The standard InChI is InChI=1S/C17H23N3O/c1-4-20-13-12-18-15(16(20)21)19-17(2,3)11-10-14-8-6-5-7-9-14/h5-9,12-13H,4,10-11H2,1-3H3,(H,18,19). The first-order valence-corrected chi connectivity index (χ1v) is 7.39. The highest BCUT2D eigenvalue weighted by Crippen LogP contribution is 2.17. The third kappa shape index (κ3) is 4.18. The zero-order valence-corrected chi connectivity index (χ0v) is 13.0. The van der Waals surface area contributed by atoms with Gasteiger partial charge in [0, 0.05) is 24.5 Å². The van der Waals surface area contributed by atoms with Crippen molar-refractivity contribution in [2.45, 2.75) is 45.7 Å². The van der Waals surface area contributed by atoms with E-state index < -0.39 is 0 Å². The molecular formula is C17H23N3O. The van der Waals surface area contributed by atoms with Gasteiger partial charge in [-0.25, -0.2) is 4.98 Å². The summed E-state index contributed by atoms with van der Waals surface area (Å²) in [6.07, 6.45) is 5.28. The number of aryl methyl sites for hydroxylation is 2. The molecule has 1 heterocycles. The molecule has 0 bridgehead atoms. The number of rotatable bonds is 6. The molecule has 0 saturated carbocycles. The third-order valence-electron chi connectivity index (χ3n) is 3.59. The Balaban J connectivity index is 2.05. The van der Waals surface area contributed by atoms with E-state index in [0.717, 1.165) is 12.8 Å². The van der Waals surface area contributed by atoms with Crippen molar-refractivity contribution in [1.82, 2.24) is 9.55 Å². The van der Waals surface area contributed by atoms with Crippen LogP contribution in [-0.4, -0.2) is 15.1 Å². The normalized spacial score (nSPS) is 11.4. The highest BCUT2D eigenvalue weighted by Gasteiger charge is 2.19. The summed E-state index contributed by atoms with van der Waals surface area (Å²) < 4.78 is 1.66. The molecule has 1 aromatic heterocycles. The van der Waals surface area contributed by atoms with Gasteiger partial charge in [0.1, 0.15) is 0 Å². The fourth-order valence-corrected chi connectivity index (χ4v) is 2.27. The number of benzene rings is 1. The second kappa shape index (κ2) is 6.57. The first-order valence-electron chi connectivity index (χ1n) is 7.39. The van der Waals surface area contributed by atoms with Crippen LogP contribution in [-0.2, 0) is 13.0 Å². The predicted molar refractivity (Wildman–Crippen MR) is 86.6 cm³/mol. The maximum atomic E-state index is 12.2. The molecule has 0 radical (unpaired) electrons. The van der Waals surface area contributed by atoms with Crippen LogP contribution in [0.25, 0.3) is 0 Å². The summed E-state index contributed by atoms with van der Waals surface area (Å²) >= 11 is 0. The SMILES string of the molecule is CCn1ccnc(NC(C)(C)CCc2ccccc2)c1=O. The van der Waals surface area contributed by atoms with Crippen molar-refractivity contribution in [2.24, 2.45) is 0 Å². The van der Waals surface area contributed by atoms with Crippen molar-refractivity contribution in [3.05, 3.63) is 58.6 Å². The fourth-order valence-electron chi connectivity index (χ4n) is 2.27. The lowest BCUT2D eigenvalue weighted by molar-refractivity contribution is 0.514. The van der Waals surface area contributed by atoms with Crippen molar-refractivity contribution >= 4 is 5.82 Å². The van der Waals surface area contributed by atoms with Crippen LogP contribution in [0.3, 0.4) is 0 Å². The molecule has 1 N–H and O–H groups in total. The average Bonchev–Trinajstić information content (AvgIpc) is 2.48. The van der Waals surface area contributed by atoms with Crippen LogP contribution in [0.1, 0.15) is 32.8 Å². The highest BCUT2D eigenvalue weighted by molar-refractivity contribution is 5.34. The molecule has 0 atom stereocenters. The van der Waals surface area contributed by atoms with Crippen LogP contribution in [0.5, 0.6) is 0 Å². The van der Waals surface area contributed by atoms with E-state index >= 15 is 0 Å². The van der Waals surface area contributed by atoms with Crippen molar-refractivity contribution in [3.8, 4) is 0 Å². The number of anilines is 1. The van der Waals surface area contributed by atoms with Gasteiger partial charge in [-0.15, -0.1) is 0 Å². The molecule has 112 valence electrons. The van der Waals surface area contributed by atoms with Crippen molar-refractivity contribution in [1.29, 1.82) is 0 Å². The lowest BCUT2D eigenvalue weighted by Crippen LogP contribution is -2.36. The highest BCUT2D eigenvalue weighted by atomic mass is 16.1. The Morgan fingerprint density at radius 1 is 1.24 bits per heavy atom. The van der Waals surface area contributed by atoms with Gasteiger partial charge >= 0.3 is 0 Å². The largest absolute Gasteiger partial charge is 0.361 e. The lowest BCUT2D eigenvalue weighted by atomic mass is 9.95. The summed E-state index contributed by atoms with van der Waals surface area (Å²) in [5.41, 5.74) is 1.06. The number of aromatic nitrogens is 2. The van der Waals surface area contributed by atoms with Gasteiger partial charge in [0.05, 0.1) is 0 Å². The lowest BCUT2D eigenvalue weighted by Gasteiger charge is -2.26. The molecule has 1 aromatic carbocycles. The van der Waals surface area contributed by atoms with Crippen LogP contribution < -0.4 is 10.9 Å². The van der Waals surface area contributed by atoms with Gasteiger partial charge in [0.25, 0.3) is 5.56 Å². The molecule has 0 aliphatic carbocycles. The molecule has 2 rings (SSSR count). The molecule has 0 aliphatic heterocycles. The monoisotopic (exact) mass is 285 g/mol. The van der Waals surface area contributed by atoms with Gasteiger partial charge in [0.2, 0.25) is 0 Å². The van der Waals surface area contributed by atoms with E-state index in [-0.39, 0.29) is 11.1 Å². The summed E-state index contributed by atoms with van der Waals surface area (Å²) in [7, 11) is 0. The van der Waals surface area contributed by atoms with Crippen molar-refractivity contribution < 1.29 is 0 Å². The van der Waals surface area contributed by atoms with Crippen molar-refractivity contribution in [2.75, 3.05) is 5.32 Å². The van der Waals surface area contributed by atoms with Crippen LogP contribution >= 0.6 is 0 Å². The van der Waals surface area contributed by atoms with Gasteiger partial charge in [-0.2, -0.15) is 0 Å². The smallest absolute Gasteiger partial charge is 0.293 e. The van der Waals surface area contributed by atoms with Gasteiger partial charge in [-0.05, 0) is 39.2 Å². The molecular weight excluding hydrogens is 262 g/mol. The van der Waals surface area contributed by atoms with Gasteiger partial charge in [-0.3, -0.25) is 4.79 Å².